The van der Waals surface area contributed by atoms with Crippen LogP contribution in [0.5, 0.6) is 5.75 Å². The number of anilines is 1. The van der Waals surface area contributed by atoms with E-state index < -0.39 is 0 Å². The maximum atomic E-state index is 12.9. The van der Waals surface area contributed by atoms with Crippen LogP contribution in [0.4, 0.5) is 5.69 Å². The summed E-state index contributed by atoms with van der Waals surface area (Å²) in [5, 5.41) is 5.82. The Hall–Kier alpha value is -2.83. The van der Waals surface area contributed by atoms with E-state index in [0.717, 1.165) is 37.1 Å². The molecule has 7 nitrogen and oxygen atoms in total. The highest BCUT2D eigenvalue weighted by Gasteiger charge is 2.27. The molecule has 156 valence electrons. The van der Waals surface area contributed by atoms with Gasteiger partial charge in [0.25, 0.3) is 11.8 Å². The number of amides is 2. The Morgan fingerprint density at radius 1 is 1.17 bits per heavy atom. The van der Waals surface area contributed by atoms with Gasteiger partial charge in [-0.25, -0.2) is 4.98 Å². The third-order valence-corrected chi connectivity index (χ3v) is 4.97. The van der Waals surface area contributed by atoms with Gasteiger partial charge in [0.05, 0.1) is 12.3 Å². The maximum absolute atomic E-state index is 12.9. The first-order valence-corrected chi connectivity index (χ1v) is 10.4. The smallest absolute Gasteiger partial charge is 0.287 e. The molecule has 1 aromatic heterocycles. The van der Waals surface area contributed by atoms with E-state index in [9.17, 15) is 9.59 Å². The van der Waals surface area contributed by atoms with Crippen molar-refractivity contribution in [3.63, 3.8) is 0 Å². The highest BCUT2D eigenvalue weighted by Crippen LogP contribution is 2.23. The van der Waals surface area contributed by atoms with Crippen LogP contribution in [0.3, 0.4) is 0 Å². The zero-order chi connectivity index (χ0) is 20.8. The first-order valence-electron chi connectivity index (χ1n) is 10.4. The van der Waals surface area contributed by atoms with Gasteiger partial charge in [-0.2, -0.15) is 0 Å². The van der Waals surface area contributed by atoms with Crippen LogP contribution >= 0.6 is 0 Å². The molecule has 0 saturated carbocycles. The van der Waals surface area contributed by atoms with Crippen molar-refractivity contribution in [2.24, 2.45) is 5.92 Å². The molecular weight excluding hydrogens is 368 g/mol. The fourth-order valence-electron chi connectivity index (χ4n) is 3.44. The predicted molar refractivity (Wildman–Crippen MR) is 113 cm³/mol. The number of nitrogens with zero attached hydrogens (tertiary/aromatic N) is 2. The summed E-state index contributed by atoms with van der Waals surface area (Å²) in [6, 6.07) is 7.22. The van der Waals surface area contributed by atoms with E-state index in [2.05, 4.69) is 29.5 Å². The van der Waals surface area contributed by atoms with Crippen molar-refractivity contribution in [1.82, 2.24) is 14.9 Å². The number of benzene rings is 1. The van der Waals surface area contributed by atoms with Gasteiger partial charge in [-0.15, -0.1) is 0 Å². The molecule has 0 unspecified atom stereocenters. The Balaban J connectivity index is 1.76. The van der Waals surface area contributed by atoms with E-state index >= 15 is 0 Å². The number of carbonyl (C=O) groups is 2. The average Bonchev–Trinajstić information content (AvgIpc) is 3.09. The summed E-state index contributed by atoms with van der Waals surface area (Å²) in [7, 11) is 0. The lowest BCUT2D eigenvalue weighted by Gasteiger charge is -2.17. The molecule has 0 bridgehead atoms. The van der Waals surface area contributed by atoms with E-state index in [-0.39, 0.29) is 11.8 Å². The zero-order valence-corrected chi connectivity index (χ0v) is 17.5. The SMILES string of the molecule is CCOc1ccc(NC(=O)c2nc(C(=O)NCCC(C)C)n3c2CCCC3)cc1. The van der Waals surface area contributed by atoms with Gasteiger partial charge in [-0.3, -0.25) is 9.59 Å². The molecule has 1 aliphatic rings. The summed E-state index contributed by atoms with van der Waals surface area (Å²) in [5.74, 6) is 1.10. The van der Waals surface area contributed by atoms with Crippen LogP contribution in [-0.4, -0.2) is 34.5 Å². The van der Waals surface area contributed by atoms with Gasteiger partial charge in [0.1, 0.15) is 5.75 Å². The van der Waals surface area contributed by atoms with Crippen LogP contribution in [-0.2, 0) is 13.0 Å². The zero-order valence-electron chi connectivity index (χ0n) is 17.5. The van der Waals surface area contributed by atoms with Crippen LogP contribution < -0.4 is 15.4 Å². The quantitative estimate of drug-likeness (QED) is 0.711. The minimum Gasteiger partial charge on any atom is -0.494 e. The van der Waals surface area contributed by atoms with Gasteiger partial charge in [0.15, 0.2) is 11.5 Å². The van der Waals surface area contributed by atoms with E-state index in [1.54, 1.807) is 12.1 Å². The van der Waals surface area contributed by atoms with Crippen molar-refractivity contribution < 1.29 is 14.3 Å². The Labute approximate surface area is 171 Å². The predicted octanol–water partition coefficient (Wildman–Crippen LogP) is 3.65. The van der Waals surface area contributed by atoms with E-state index in [1.807, 2.05) is 23.6 Å². The molecule has 3 rings (SSSR count). The number of imidazole rings is 1. The third-order valence-electron chi connectivity index (χ3n) is 4.97. The minimum atomic E-state index is -0.291. The molecular formula is C22H30N4O3. The fraction of sp³-hybridized carbons (Fsp3) is 0.500. The minimum absolute atomic E-state index is 0.214. The van der Waals surface area contributed by atoms with Gasteiger partial charge in [0.2, 0.25) is 0 Å². The van der Waals surface area contributed by atoms with E-state index in [4.69, 9.17) is 4.74 Å². The van der Waals surface area contributed by atoms with Crippen molar-refractivity contribution in [3.8, 4) is 5.75 Å². The molecule has 1 aromatic carbocycles. The summed E-state index contributed by atoms with van der Waals surface area (Å²) in [6.45, 7) is 8.07. The van der Waals surface area contributed by atoms with Crippen molar-refractivity contribution in [2.45, 2.75) is 53.0 Å². The van der Waals surface area contributed by atoms with Crippen LogP contribution in [0.2, 0.25) is 0 Å². The molecule has 2 aromatic rings. The number of nitrogens with one attached hydrogen (secondary N) is 2. The summed E-state index contributed by atoms with van der Waals surface area (Å²) in [5.41, 5.74) is 1.85. The van der Waals surface area contributed by atoms with Crippen LogP contribution in [0, 0.1) is 5.92 Å². The largest absolute Gasteiger partial charge is 0.494 e. The standard InChI is InChI=1S/C22H30N4O3/c1-4-29-17-10-8-16(9-11-17)24-21(27)19-18-7-5-6-14-26(18)20(25-19)22(28)23-13-12-15(2)3/h8-11,15H,4-7,12-14H2,1-3H3,(H,23,28)(H,24,27). The molecule has 0 atom stereocenters. The lowest BCUT2D eigenvalue weighted by molar-refractivity contribution is 0.0936. The highest BCUT2D eigenvalue weighted by atomic mass is 16.5. The second-order valence-corrected chi connectivity index (χ2v) is 7.69. The normalized spacial score (nSPS) is 13.1. The molecule has 7 heteroatoms. The van der Waals surface area contributed by atoms with Crippen LogP contribution in [0.15, 0.2) is 24.3 Å². The fourth-order valence-corrected chi connectivity index (χ4v) is 3.44. The molecule has 1 aliphatic heterocycles. The van der Waals surface area contributed by atoms with Gasteiger partial charge < -0.3 is 19.9 Å². The molecule has 2 heterocycles. The Kier molecular flexibility index (Phi) is 6.90. The van der Waals surface area contributed by atoms with Crippen molar-refractivity contribution in [2.75, 3.05) is 18.5 Å². The lowest BCUT2D eigenvalue weighted by atomic mass is 10.1. The monoisotopic (exact) mass is 398 g/mol. The van der Waals surface area contributed by atoms with Crippen molar-refractivity contribution in [1.29, 1.82) is 0 Å². The molecule has 0 fully saturated rings. The highest BCUT2D eigenvalue weighted by molar-refractivity contribution is 6.05. The van der Waals surface area contributed by atoms with Crippen LogP contribution in [0.1, 0.15) is 66.8 Å². The van der Waals surface area contributed by atoms with Gasteiger partial charge >= 0.3 is 0 Å². The summed E-state index contributed by atoms with van der Waals surface area (Å²) in [6.07, 6.45) is 3.63. The van der Waals surface area contributed by atoms with E-state index in [0.29, 0.717) is 42.8 Å². The Morgan fingerprint density at radius 3 is 2.62 bits per heavy atom. The number of carbonyl (C=O) groups excluding carboxylic acids is 2. The first-order chi connectivity index (χ1) is 14.0. The van der Waals surface area contributed by atoms with Gasteiger partial charge in [-0.05, 0) is 62.8 Å². The topological polar surface area (TPSA) is 85.2 Å². The summed E-state index contributed by atoms with van der Waals surface area (Å²) in [4.78, 5) is 30.0. The Bertz CT molecular complexity index is 856. The number of fused-ring (bicyclic) bond motifs is 1. The van der Waals surface area contributed by atoms with Gasteiger partial charge in [0, 0.05) is 18.8 Å². The van der Waals surface area contributed by atoms with Crippen LogP contribution in [0.25, 0.3) is 0 Å². The molecule has 0 spiro atoms. The van der Waals surface area contributed by atoms with Gasteiger partial charge in [-0.1, -0.05) is 13.8 Å². The van der Waals surface area contributed by atoms with Crippen molar-refractivity contribution in [3.05, 3.63) is 41.5 Å². The molecule has 29 heavy (non-hydrogen) atoms. The maximum Gasteiger partial charge on any atom is 0.287 e. The number of hydrogen-bond acceptors (Lipinski definition) is 4. The first kappa shape index (κ1) is 20.9. The molecule has 0 aliphatic carbocycles. The second-order valence-electron chi connectivity index (χ2n) is 7.69. The Morgan fingerprint density at radius 2 is 1.93 bits per heavy atom. The summed E-state index contributed by atoms with van der Waals surface area (Å²) < 4.78 is 7.33. The second kappa shape index (κ2) is 9.58. The number of aromatic nitrogens is 2. The van der Waals surface area contributed by atoms with Crippen molar-refractivity contribution >= 4 is 17.5 Å². The molecule has 0 radical (unpaired) electrons. The molecule has 2 N–H and O–H groups in total. The lowest BCUT2D eigenvalue weighted by Crippen LogP contribution is -2.29. The number of ether oxygens (including phenoxy) is 1. The van der Waals surface area contributed by atoms with E-state index in [1.165, 1.54) is 0 Å². The summed E-state index contributed by atoms with van der Waals surface area (Å²) >= 11 is 0. The number of hydrogen-bond donors (Lipinski definition) is 2. The number of rotatable bonds is 8. The molecule has 0 saturated heterocycles. The average molecular weight is 399 g/mol. The molecule has 2 amide bonds. The third kappa shape index (κ3) is 5.16.